The van der Waals surface area contributed by atoms with E-state index >= 15 is 0 Å². The van der Waals surface area contributed by atoms with Crippen LogP contribution in [-0.4, -0.2) is 9.78 Å². The monoisotopic (exact) mass is 244 g/mol. The number of nitrogens with zero attached hydrogens (tertiary/aromatic N) is 2. The summed E-state index contributed by atoms with van der Waals surface area (Å²) in [6.45, 7) is 4.15. The predicted octanol–water partition coefficient (Wildman–Crippen LogP) is 1.78. The summed E-state index contributed by atoms with van der Waals surface area (Å²) in [5.74, 6) is 5.67. The molecule has 4 heteroatoms. The highest BCUT2D eigenvalue weighted by molar-refractivity contribution is 5.26. The lowest BCUT2D eigenvalue weighted by atomic mass is 9.99. The van der Waals surface area contributed by atoms with E-state index in [4.69, 9.17) is 5.84 Å². The van der Waals surface area contributed by atoms with E-state index in [0.29, 0.717) is 0 Å². The van der Waals surface area contributed by atoms with Gasteiger partial charge < -0.3 is 0 Å². The molecule has 0 aliphatic rings. The molecular weight excluding hydrogens is 224 g/mol. The summed E-state index contributed by atoms with van der Waals surface area (Å²) >= 11 is 0. The molecular formula is C14H20N4. The van der Waals surface area contributed by atoms with E-state index in [1.807, 2.05) is 17.9 Å². The van der Waals surface area contributed by atoms with Crippen LogP contribution in [0.4, 0.5) is 0 Å². The molecule has 3 N–H and O–H groups in total. The van der Waals surface area contributed by atoms with Crippen LogP contribution in [0, 0.1) is 13.8 Å². The molecule has 0 bridgehead atoms. The number of nitrogens with two attached hydrogens (primary N) is 1. The van der Waals surface area contributed by atoms with Gasteiger partial charge in [-0.3, -0.25) is 16.0 Å². The second-order valence-corrected chi connectivity index (χ2v) is 4.72. The third kappa shape index (κ3) is 2.60. The van der Waals surface area contributed by atoms with Crippen LogP contribution in [0.3, 0.4) is 0 Å². The summed E-state index contributed by atoms with van der Waals surface area (Å²) in [7, 11) is 1.94. The minimum Gasteiger partial charge on any atom is -0.273 e. The van der Waals surface area contributed by atoms with Gasteiger partial charge >= 0.3 is 0 Å². The first-order valence-electron chi connectivity index (χ1n) is 6.12. The fourth-order valence-electron chi connectivity index (χ4n) is 2.08. The van der Waals surface area contributed by atoms with Crippen LogP contribution in [0.15, 0.2) is 30.5 Å². The van der Waals surface area contributed by atoms with Gasteiger partial charge in [-0.2, -0.15) is 5.10 Å². The van der Waals surface area contributed by atoms with Crippen LogP contribution >= 0.6 is 0 Å². The highest BCUT2D eigenvalue weighted by Crippen LogP contribution is 2.20. The molecule has 0 saturated heterocycles. The summed E-state index contributed by atoms with van der Waals surface area (Å²) in [6.07, 6.45) is 2.75. The van der Waals surface area contributed by atoms with Gasteiger partial charge in [0.2, 0.25) is 0 Å². The molecule has 0 fully saturated rings. The van der Waals surface area contributed by atoms with E-state index < -0.39 is 0 Å². The number of aryl methyl sites for hydroxylation is 2. The first-order valence-corrected chi connectivity index (χ1v) is 6.12. The zero-order valence-electron chi connectivity index (χ0n) is 11.1. The number of aromatic nitrogens is 2. The molecule has 0 aliphatic heterocycles. The molecule has 1 atom stereocenters. The molecule has 2 rings (SSSR count). The zero-order valence-corrected chi connectivity index (χ0v) is 11.1. The largest absolute Gasteiger partial charge is 0.273 e. The summed E-state index contributed by atoms with van der Waals surface area (Å²) in [5.41, 5.74) is 7.72. The minimum absolute atomic E-state index is 0.0985. The van der Waals surface area contributed by atoms with Crippen molar-refractivity contribution in [2.24, 2.45) is 12.9 Å². The van der Waals surface area contributed by atoms with Gasteiger partial charge in [0.05, 0.1) is 12.2 Å². The van der Waals surface area contributed by atoms with Crippen LogP contribution in [0.25, 0.3) is 0 Å². The summed E-state index contributed by atoms with van der Waals surface area (Å²) in [4.78, 5) is 0. The first-order chi connectivity index (χ1) is 8.61. The van der Waals surface area contributed by atoms with Crippen molar-refractivity contribution in [3.05, 3.63) is 52.8 Å². The van der Waals surface area contributed by atoms with Gasteiger partial charge in [0, 0.05) is 18.3 Å². The van der Waals surface area contributed by atoms with E-state index in [1.165, 1.54) is 11.1 Å². The molecule has 4 nitrogen and oxygen atoms in total. The number of nitrogens with one attached hydrogen (secondary N) is 1. The molecule has 0 radical (unpaired) electrons. The van der Waals surface area contributed by atoms with Gasteiger partial charge in [0.15, 0.2) is 0 Å². The summed E-state index contributed by atoms with van der Waals surface area (Å²) < 4.78 is 1.87. The topological polar surface area (TPSA) is 55.9 Å². The maximum atomic E-state index is 5.67. The van der Waals surface area contributed by atoms with Gasteiger partial charge in [-0.15, -0.1) is 0 Å². The molecule has 0 saturated carbocycles. The Balaban J connectivity index is 2.19. The van der Waals surface area contributed by atoms with Crippen molar-refractivity contribution in [3.63, 3.8) is 0 Å². The Kier molecular flexibility index (Phi) is 3.79. The number of hydrogen-bond donors (Lipinski definition) is 2. The highest BCUT2D eigenvalue weighted by Gasteiger charge is 2.15. The predicted molar refractivity (Wildman–Crippen MR) is 72.9 cm³/mol. The Morgan fingerprint density at radius 3 is 2.44 bits per heavy atom. The molecule has 1 aromatic heterocycles. The average molecular weight is 244 g/mol. The second kappa shape index (κ2) is 5.33. The van der Waals surface area contributed by atoms with Crippen molar-refractivity contribution < 1.29 is 0 Å². The van der Waals surface area contributed by atoms with Gasteiger partial charge in [-0.05, 0) is 25.8 Å². The van der Waals surface area contributed by atoms with Gasteiger partial charge in [-0.25, -0.2) is 0 Å². The molecule has 2 aromatic rings. The molecule has 18 heavy (non-hydrogen) atoms. The van der Waals surface area contributed by atoms with Crippen LogP contribution in [0.2, 0.25) is 0 Å². The van der Waals surface area contributed by atoms with Crippen LogP contribution in [0.1, 0.15) is 28.4 Å². The molecule has 1 unspecified atom stereocenters. The molecule has 0 spiro atoms. The van der Waals surface area contributed by atoms with Gasteiger partial charge in [-0.1, -0.05) is 29.8 Å². The SMILES string of the molecule is Cc1ccc(CC(NN)c2cnn(C)c2C)cc1. The van der Waals surface area contributed by atoms with E-state index in [2.05, 4.69) is 48.6 Å². The van der Waals surface area contributed by atoms with E-state index in [1.54, 1.807) is 0 Å². The minimum atomic E-state index is 0.0985. The fraction of sp³-hybridized carbons (Fsp3) is 0.357. The van der Waals surface area contributed by atoms with Crippen LogP contribution < -0.4 is 11.3 Å². The smallest absolute Gasteiger partial charge is 0.0540 e. The Bertz CT molecular complexity index is 513. The zero-order chi connectivity index (χ0) is 13.1. The van der Waals surface area contributed by atoms with Crippen LogP contribution in [0.5, 0.6) is 0 Å². The maximum Gasteiger partial charge on any atom is 0.0540 e. The van der Waals surface area contributed by atoms with E-state index in [9.17, 15) is 0 Å². The Morgan fingerprint density at radius 2 is 1.94 bits per heavy atom. The quantitative estimate of drug-likeness (QED) is 0.637. The van der Waals surface area contributed by atoms with Gasteiger partial charge in [0.1, 0.15) is 0 Å². The normalized spacial score (nSPS) is 12.7. The standard InChI is InChI=1S/C14H20N4/c1-10-4-6-12(7-5-10)8-14(17-15)13-9-16-18(3)11(13)2/h4-7,9,14,17H,8,15H2,1-3H3. The molecule has 0 amide bonds. The van der Waals surface area contributed by atoms with E-state index in [-0.39, 0.29) is 6.04 Å². The molecule has 0 aliphatic carbocycles. The van der Waals surface area contributed by atoms with Crippen molar-refractivity contribution in [1.29, 1.82) is 0 Å². The Hall–Kier alpha value is -1.65. The number of hydrogen-bond acceptors (Lipinski definition) is 3. The van der Waals surface area contributed by atoms with Crippen molar-refractivity contribution >= 4 is 0 Å². The average Bonchev–Trinajstić information content (AvgIpc) is 2.70. The van der Waals surface area contributed by atoms with Crippen molar-refractivity contribution in [1.82, 2.24) is 15.2 Å². The third-order valence-electron chi connectivity index (χ3n) is 3.41. The fourth-order valence-corrected chi connectivity index (χ4v) is 2.08. The van der Waals surface area contributed by atoms with Crippen molar-refractivity contribution in [3.8, 4) is 0 Å². The lowest BCUT2D eigenvalue weighted by molar-refractivity contribution is 0.548. The number of hydrazine groups is 1. The highest BCUT2D eigenvalue weighted by atomic mass is 15.3. The first kappa shape index (κ1) is 12.8. The lowest BCUT2D eigenvalue weighted by Crippen LogP contribution is -2.29. The molecule has 96 valence electrons. The number of rotatable bonds is 4. The summed E-state index contributed by atoms with van der Waals surface area (Å²) in [6, 6.07) is 8.64. The van der Waals surface area contributed by atoms with Crippen molar-refractivity contribution in [2.75, 3.05) is 0 Å². The van der Waals surface area contributed by atoms with E-state index in [0.717, 1.165) is 17.7 Å². The lowest BCUT2D eigenvalue weighted by Gasteiger charge is -2.16. The molecule has 1 aromatic carbocycles. The maximum absolute atomic E-state index is 5.67. The second-order valence-electron chi connectivity index (χ2n) is 4.72. The Labute approximate surface area is 108 Å². The van der Waals surface area contributed by atoms with Crippen LogP contribution in [-0.2, 0) is 13.5 Å². The molecule has 1 heterocycles. The van der Waals surface area contributed by atoms with Crippen molar-refractivity contribution in [2.45, 2.75) is 26.3 Å². The number of benzene rings is 1. The summed E-state index contributed by atoms with van der Waals surface area (Å²) in [5, 5.41) is 4.26. The Morgan fingerprint density at radius 1 is 1.28 bits per heavy atom. The van der Waals surface area contributed by atoms with Gasteiger partial charge in [0.25, 0.3) is 0 Å². The third-order valence-corrected chi connectivity index (χ3v) is 3.41.